The Morgan fingerprint density at radius 2 is 1.88 bits per heavy atom. The molecule has 26 heavy (non-hydrogen) atoms. The molecule has 1 aliphatic carbocycles. The molecule has 0 radical (unpaired) electrons. The predicted molar refractivity (Wildman–Crippen MR) is 99.3 cm³/mol. The van der Waals surface area contributed by atoms with Crippen molar-refractivity contribution in [2.45, 2.75) is 26.8 Å². The number of aromatic nitrogens is 2. The van der Waals surface area contributed by atoms with Crippen molar-refractivity contribution in [3.8, 4) is 11.3 Å². The minimum absolute atomic E-state index is 0.130. The SMILES string of the molecule is Cc1ncc(C(=O)N(C)C)c(-c2ccc(CNC(=O)[C@H]3C[C@@H]3C)cc2)n1. The van der Waals surface area contributed by atoms with Gasteiger partial charge in [-0.15, -0.1) is 0 Å². The molecule has 3 rings (SSSR count). The van der Waals surface area contributed by atoms with E-state index in [4.69, 9.17) is 0 Å². The van der Waals surface area contributed by atoms with Crippen molar-refractivity contribution < 1.29 is 9.59 Å². The summed E-state index contributed by atoms with van der Waals surface area (Å²) in [4.78, 5) is 34.5. The smallest absolute Gasteiger partial charge is 0.257 e. The van der Waals surface area contributed by atoms with Gasteiger partial charge >= 0.3 is 0 Å². The topological polar surface area (TPSA) is 75.2 Å². The van der Waals surface area contributed by atoms with Gasteiger partial charge in [-0.2, -0.15) is 0 Å². The summed E-state index contributed by atoms with van der Waals surface area (Å²) in [7, 11) is 3.41. The lowest BCUT2D eigenvalue weighted by Gasteiger charge is -2.14. The van der Waals surface area contributed by atoms with Gasteiger partial charge in [0.2, 0.25) is 5.91 Å². The van der Waals surface area contributed by atoms with Crippen LogP contribution in [0.3, 0.4) is 0 Å². The number of hydrogen-bond donors (Lipinski definition) is 1. The standard InChI is InChI=1S/C20H24N4O2/c1-12-9-16(12)19(25)22-10-14-5-7-15(8-6-14)18-17(20(26)24(3)4)11-21-13(2)23-18/h5-8,11-12,16H,9-10H2,1-4H3,(H,22,25)/t12-,16-/m0/s1. The Morgan fingerprint density at radius 1 is 1.23 bits per heavy atom. The molecule has 1 N–H and O–H groups in total. The Balaban J connectivity index is 1.77. The number of carbonyl (C=O) groups is 2. The first-order valence-corrected chi connectivity index (χ1v) is 8.79. The van der Waals surface area contributed by atoms with Crippen LogP contribution < -0.4 is 5.32 Å². The van der Waals surface area contributed by atoms with Crippen LogP contribution in [0.1, 0.15) is 35.1 Å². The third-order valence-corrected chi connectivity index (χ3v) is 4.69. The highest BCUT2D eigenvalue weighted by Crippen LogP contribution is 2.37. The number of nitrogens with zero attached hydrogens (tertiary/aromatic N) is 3. The van der Waals surface area contributed by atoms with Gasteiger partial charge in [0, 0.05) is 38.3 Å². The van der Waals surface area contributed by atoms with E-state index in [1.54, 1.807) is 27.2 Å². The zero-order chi connectivity index (χ0) is 18.8. The first kappa shape index (κ1) is 18.0. The van der Waals surface area contributed by atoms with Gasteiger partial charge in [-0.25, -0.2) is 9.97 Å². The molecular formula is C20H24N4O2. The zero-order valence-corrected chi connectivity index (χ0v) is 15.6. The summed E-state index contributed by atoms with van der Waals surface area (Å²) in [5.74, 6) is 1.30. The van der Waals surface area contributed by atoms with E-state index in [2.05, 4.69) is 22.2 Å². The Labute approximate surface area is 153 Å². The predicted octanol–water partition coefficient (Wildman–Crippen LogP) is 2.43. The molecular weight excluding hydrogens is 328 g/mol. The van der Waals surface area contributed by atoms with E-state index in [0.29, 0.717) is 29.5 Å². The fourth-order valence-electron chi connectivity index (χ4n) is 2.88. The van der Waals surface area contributed by atoms with E-state index in [1.165, 1.54) is 4.90 Å². The molecule has 1 fully saturated rings. The van der Waals surface area contributed by atoms with Crippen molar-refractivity contribution in [1.29, 1.82) is 0 Å². The van der Waals surface area contributed by atoms with Gasteiger partial charge < -0.3 is 10.2 Å². The molecule has 0 bridgehead atoms. The quantitative estimate of drug-likeness (QED) is 0.897. The monoisotopic (exact) mass is 352 g/mol. The maximum Gasteiger partial charge on any atom is 0.257 e. The summed E-state index contributed by atoms with van der Waals surface area (Å²) >= 11 is 0. The largest absolute Gasteiger partial charge is 0.352 e. The third-order valence-electron chi connectivity index (χ3n) is 4.69. The van der Waals surface area contributed by atoms with Gasteiger partial charge in [0.25, 0.3) is 5.91 Å². The van der Waals surface area contributed by atoms with Crippen LogP contribution in [0.25, 0.3) is 11.3 Å². The molecule has 136 valence electrons. The van der Waals surface area contributed by atoms with Gasteiger partial charge in [-0.3, -0.25) is 9.59 Å². The molecule has 0 spiro atoms. The molecule has 2 atom stereocenters. The maximum absolute atomic E-state index is 12.4. The van der Waals surface area contributed by atoms with Crippen LogP contribution in [0.4, 0.5) is 0 Å². The first-order valence-electron chi connectivity index (χ1n) is 8.79. The number of benzene rings is 1. The number of rotatable bonds is 5. The molecule has 0 unspecified atom stereocenters. The van der Waals surface area contributed by atoms with Gasteiger partial charge in [0.05, 0.1) is 11.3 Å². The Kier molecular flexibility index (Phi) is 5.02. The van der Waals surface area contributed by atoms with Crippen molar-refractivity contribution in [3.63, 3.8) is 0 Å². The summed E-state index contributed by atoms with van der Waals surface area (Å²) in [5.41, 5.74) is 2.97. The van der Waals surface area contributed by atoms with Crippen LogP contribution in [0.2, 0.25) is 0 Å². The Bertz CT molecular complexity index is 830. The molecule has 2 aromatic rings. The van der Waals surface area contributed by atoms with Crippen molar-refractivity contribution in [1.82, 2.24) is 20.2 Å². The number of amides is 2. The van der Waals surface area contributed by atoms with Crippen LogP contribution in [-0.2, 0) is 11.3 Å². The molecule has 1 aliphatic rings. The molecule has 1 aromatic carbocycles. The van der Waals surface area contributed by atoms with Crippen LogP contribution in [-0.4, -0.2) is 40.8 Å². The average Bonchev–Trinajstić information content (AvgIpc) is 3.36. The lowest BCUT2D eigenvalue weighted by molar-refractivity contribution is -0.122. The summed E-state index contributed by atoms with van der Waals surface area (Å²) in [6.45, 7) is 4.40. The molecule has 6 nitrogen and oxygen atoms in total. The van der Waals surface area contributed by atoms with Crippen LogP contribution in [0, 0.1) is 18.8 Å². The molecule has 6 heteroatoms. The van der Waals surface area contributed by atoms with E-state index >= 15 is 0 Å². The summed E-state index contributed by atoms with van der Waals surface area (Å²) in [5, 5.41) is 2.98. The minimum Gasteiger partial charge on any atom is -0.352 e. The lowest BCUT2D eigenvalue weighted by Crippen LogP contribution is -2.24. The van der Waals surface area contributed by atoms with Crippen molar-refractivity contribution in [2.24, 2.45) is 11.8 Å². The third kappa shape index (κ3) is 3.90. The molecule has 0 aliphatic heterocycles. The van der Waals surface area contributed by atoms with Crippen molar-refractivity contribution >= 4 is 11.8 Å². The molecule has 1 aromatic heterocycles. The molecule has 0 saturated heterocycles. The summed E-state index contributed by atoms with van der Waals surface area (Å²) in [6, 6.07) is 7.76. The Hall–Kier alpha value is -2.76. The normalized spacial score (nSPS) is 18.3. The fourth-order valence-corrected chi connectivity index (χ4v) is 2.88. The first-order chi connectivity index (χ1) is 12.4. The highest BCUT2D eigenvalue weighted by Gasteiger charge is 2.38. The number of hydrogen-bond acceptors (Lipinski definition) is 4. The summed E-state index contributed by atoms with van der Waals surface area (Å²) in [6.07, 6.45) is 2.56. The van der Waals surface area contributed by atoms with E-state index in [-0.39, 0.29) is 17.7 Å². The van der Waals surface area contributed by atoms with Crippen molar-refractivity contribution in [2.75, 3.05) is 14.1 Å². The van der Waals surface area contributed by atoms with Gasteiger partial charge in [-0.05, 0) is 24.8 Å². The number of aryl methyl sites for hydroxylation is 1. The minimum atomic E-state index is -0.130. The summed E-state index contributed by atoms with van der Waals surface area (Å²) < 4.78 is 0. The van der Waals surface area contributed by atoms with Crippen molar-refractivity contribution in [3.05, 3.63) is 47.4 Å². The second-order valence-electron chi connectivity index (χ2n) is 7.11. The highest BCUT2D eigenvalue weighted by atomic mass is 16.2. The van der Waals surface area contributed by atoms with Crippen LogP contribution >= 0.6 is 0 Å². The van der Waals surface area contributed by atoms with E-state index in [1.807, 2.05) is 24.3 Å². The van der Waals surface area contributed by atoms with E-state index in [0.717, 1.165) is 17.5 Å². The lowest BCUT2D eigenvalue weighted by atomic mass is 10.0. The second-order valence-corrected chi connectivity index (χ2v) is 7.11. The van der Waals surface area contributed by atoms with Crippen LogP contribution in [0.15, 0.2) is 30.5 Å². The number of carbonyl (C=O) groups excluding carboxylic acids is 2. The van der Waals surface area contributed by atoms with Gasteiger partial charge in [0.15, 0.2) is 0 Å². The van der Waals surface area contributed by atoms with Crippen LogP contribution in [0.5, 0.6) is 0 Å². The highest BCUT2D eigenvalue weighted by molar-refractivity contribution is 5.99. The molecule has 1 saturated carbocycles. The average molecular weight is 352 g/mol. The molecule has 2 amide bonds. The Morgan fingerprint density at radius 3 is 2.46 bits per heavy atom. The van der Waals surface area contributed by atoms with Gasteiger partial charge in [-0.1, -0.05) is 31.2 Å². The van der Waals surface area contributed by atoms with Gasteiger partial charge in [0.1, 0.15) is 5.82 Å². The van der Waals surface area contributed by atoms with E-state index < -0.39 is 0 Å². The fraction of sp³-hybridized carbons (Fsp3) is 0.400. The molecule has 1 heterocycles. The number of nitrogens with one attached hydrogen (secondary N) is 1. The maximum atomic E-state index is 12.4. The zero-order valence-electron chi connectivity index (χ0n) is 15.6. The van der Waals surface area contributed by atoms with E-state index in [9.17, 15) is 9.59 Å². The second kappa shape index (κ2) is 7.23.